The molecule has 0 aromatic heterocycles. The summed E-state index contributed by atoms with van der Waals surface area (Å²) < 4.78 is 10.5. The van der Waals surface area contributed by atoms with Gasteiger partial charge in [0.05, 0.1) is 20.6 Å². The number of methoxy groups -OCH3 is 2. The van der Waals surface area contributed by atoms with E-state index in [-0.39, 0.29) is 11.8 Å². The van der Waals surface area contributed by atoms with E-state index in [1.807, 2.05) is 25.1 Å². The van der Waals surface area contributed by atoms with Gasteiger partial charge in [-0.25, -0.2) is 0 Å². The van der Waals surface area contributed by atoms with Crippen LogP contribution in [0.25, 0.3) is 0 Å². The van der Waals surface area contributed by atoms with Crippen molar-refractivity contribution in [1.82, 2.24) is 5.32 Å². The second kappa shape index (κ2) is 7.47. The molecule has 0 saturated carbocycles. The average Bonchev–Trinajstić information content (AvgIpc) is 2.99. The molecule has 3 rings (SSSR count). The first kappa shape index (κ1) is 17.8. The van der Waals surface area contributed by atoms with Crippen LogP contribution in [-0.2, 0) is 17.8 Å². The van der Waals surface area contributed by atoms with E-state index >= 15 is 0 Å². The predicted octanol–water partition coefficient (Wildman–Crippen LogP) is 2.54. The molecule has 0 atom stereocenters. The lowest BCUT2D eigenvalue weighted by molar-refractivity contribution is -0.117. The van der Waals surface area contributed by atoms with Gasteiger partial charge in [0, 0.05) is 24.3 Å². The van der Waals surface area contributed by atoms with Crippen LogP contribution >= 0.6 is 0 Å². The summed E-state index contributed by atoms with van der Waals surface area (Å²) in [5.74, 6) is 1.16. The summed E-state index contributed by atoms with van der Waals surface area (Å²) in [6.45, 7) is 2.95. The maximum absolute atomic E-state index is 12.5. The number of likely N-dealkylation sites (N-methyl/N-ethyl adjacent to an activating group) is 1. The number of amides is 2. The van der Waals surface area contributed by atoms with E-state index in [0.717, 1.165) is 16.8 Å². The number of carbonyl (C=O) groups excluding carboxylic acids is 2. The number of rotatable bonds is 6. The third-order valence-corrected chi connectivity index (χ3v) is 4.49. The average molecular weight is 354 g/mol. The van der Waals surface area contributed by atoms with Crippen LogP contribution in [0.3, 0.4) is 0 Å². The van der Waals surface area contributed by atoms with Crippen molar-refractivity contribution in [3.05, 3.63) is 53.1 Å². The first-order valence-electron chi connectivity index (χ1n) is 8.49. The monoisotopic (exact) mass is 354 g/mol. The summed E-state index contributed by atoms with van der Waals surface area (Å²) in [7, 11) is 3.16. The van der Waals surface area contributed by atoms with Crippen molar-refractivity contribution in [2.75, 3.05) is 25.7 Å². The highest BCUT2D eigenvalue weighted by atomic mass is 16.5. The second-order valence-corrected chi connectivity index (χ2v) is 6.03. The molecule has 0 unspecified atom stereocenters. The number of benzene rings is 2. The van der Waals surface area contributed by atoms with E-state index in [1.165, 1.54) is 0 Å². The maximum atomic E-state index is 12.5. The highest BCUT2D eigenvalue weighted by Crippen LogP contribution is 2.30. The fourth-order valence-electron chi connectivity index (χ4n) is 3.15. The van der Waals surface area contributed by atoms with E-state index in [9.17, 15) is 9.59 Å². The molecule has 2 amide bonds. The molecular formula is C20H22N2O4. The number of hydrogen-bond acceptors (Lipinski definition) is 4. The fraction of sp³-hybridized carbons (Fsp3) is 0.300. The third kappa shape index (κ3) is 3.35. The van der Waals surface area contributed by atoms with Crippen LogP contribution in [0.5, 0.6) is 11.5 Å². The quantitative estimate of drug-likeness (QED) is 0.866. The minimum Gasteiger partial charge on any atom is -0.493 e. The Hall–Kier alpha value is -3.02. The highest BCUT2D eigenvalue weighted by Gasteiger charge is 2.26. The molecule has 0 aliphatic carbocycles. The minimum atomic E-state index is -0.176. The van der Waals surface area contributed by atoms with E-state index in [4.69, 9.17) is 9.47 Å². The van der Waals surface area contributed by atoms with Crippen molar-refractivity contribution >= 4 is 17.5 Å². The topological polar surface area (TPSA) is 67.9 Å². The summed E-state index contributed by atoms with van der Waals surface area (Å²) in [5.41, 5.74) is 3.25. The summed E-state index contributed by atoms with van der Waals surface area (Å²) in [6.07, 6.45) is 0.347. The maximum Gasteiger partial charge on any atom is 0.251 e. The normalized spacial score (nSPS) is 12.7. The number of nitrogens with one attached hydrogen (secondary N) is 1. The Morgan fingerprint density at radius 3 is 2.58 bits per heavy atom. The molecule has 26 heavy (non-hydrogen) atoms. The zero-order chi connectivity index (χ0) is 18.7. The van der Waals surface area contributed by atoms with E-state index in [0.29, 0.717) is 36.6 Å². The Morgan fingerprint density at radius 1 is 1.12 bits per heavy atom. The second-order valence-electron chi connectivity index (χ2n) is 6.03. The molecule has 1 heterocycles. The lowest BCUT2D eigenvalue weighted by atomic mass is 10.1. The number of nitrogens with zero attached hydrogens (tertiary/aromatic N) is 1. The predicted molar refractivity (Wildman–Crippen MR) is 98.9 cm³/mol. The SMILES string of the molecule is CCN1C(=O)Cc2cc(C(=O)NCc3ccc(OC)c(OC)c3)ccc21. The Bertz CT molecular complexity index is 848. The lowest BCUT2D eigenvalue weighted by Crippen LogP contribution is -2.25. The zero-order valence-corrected chi connectivity index (χ0v) is 15.2. The molecule has 2 aromatic rings. The highest BCUT2D eigenvalue weighted by molar-refractivity contribution is 6.03. The van der Waals surface area contributed by atoms with Gasteiger partial charge in [-0.05, 0) is 48.4 Å². The van der Waals surface area contributed by atoms with Gasteiger partial charge in [-0.3, -0.25) is 9.59 Å². The summed E-state index contributed by atoms with van der Waals surface area (Å²) in [4.78, 5) is 26.2. The first-order valence-corrected chi connectivity index (χ1v) is 8.49. The molecule has 0 spiro atoms. The molecule has 2 aromatic carbocycles. The number of fused-ring (bicyclic) bond motifs is 1. The Kier molecular flexibility index (Phi) is 5.11. The molecule has 1 aliphatic heterocycles. The molecule has 136 valence electrons. The van der Waals surface area contributed by atoms with Gasteiger partial charge in [-0.15, -0.1) is 0 Å². The molecule has 1 aliphatic rings. The summed E-state index contributed by atoms with van der Waals surface area (Å²) in [5, 5.41) is 2.90. The van der Waals surface area contributed by atoms with Crippen molar-refractivity contribution in [2.45, 2.75) is 19.9 Å². The third-order valence-electron chi connectivity index (χ3n) is 4.49. The molecule has 6 heteroatoms. The molecule has 0 saturated heterocycles. The standard InChI is InChI=1S/C20H22N2O4/c1-4-22-16-7-6-14(10-15(16)11-19(22)23)20(24)21-12-13-5-8-17(25-2)18(9-13)26-3/h5-10H,4,11-12H2,1-3H3,(H,21,24). The van der Waals surface area contributed by atoms with Gasteiger partial charge in [0.2, 0.25) is 5.91 Å². The number of ether oxygens (including phenoxy) is 2. The lowest BCUT2D eigenvalue weighted by Gasteiger charge is -2.14. The molecule has 1 N–H and O–H groups in total. The van der Waals surface area contributed by atoms with Gasteiger partial charge >= 0.3 is 0 Å². The van der Waals surface area contributed by atoms with Crippen molar-refractivity contribution < 1.29 is 19.1 Å². The number of hydrogen-bond donors (Lipinski definition) is 1. The van der Waals surface area contributed by atoms with E-state index in [1.54, 1.807) is 37.3 Å². The van der Waals surface area contributed by atoms with Crippen LogP contribution in [0.2, 0.25) is 0 Å². The van der Waals surface area contributed by atoms with E-state index in [2.05, 4.69) is 5.32 Å². The molecule has 0 fully saturated rings. The van der Waals surface area contributed by atoms with Gasteiger partial charge in [0.1, 0.15) is 0 Å². The largest absolute Gasteiger partial charge is 0.493 e. The molecule has 0 bridgehead atoms. The number of anilines is 1. The van der Waals surface area contributed by atoms with E-state index < -0.39 is 0 Å². The van der Waals surface area contributed by atoms with Gasteiger partial charge < -0.3 is 19.7 Å². The van der Waals surface area contributed by atoms with Crippen LogP contribution in [0.1, 0.15) is 28.4 Å². The zero-order valence-electron chi connectivity index (χ0n) is 15.2. The molecule has 0 radical (unpaired) electrons. The van der Waals surface area contributed by atoms with Gasteiger partial charge in [-0.1, -0.05) is 6.07 Å². The fourth-order valence-corrected chi connectivity index (χ4v) is 3.15. The van der Waals surface area contributed by atoms with Crippen LogP contribution in [-0.4, -0.2) is 32.6 Å². The van der Waals surface area contributed by atoms with Crippen molar-refractivity contribution in [2.24, 2.45) is 0 Å². The van der Waals surface area contributed by atoms with Crippen LogP contribution in [0.4, 0.5) is 5.69 Å². The first-order chi connectivity index (χ1) is 12.6. The molecule has 6 nitrogen and oxygen atoms in total. The van der Waals surface area contributed by atoms with Crippen LogP contribution < -0.4 is 19.7 Å². The van der Waals surface area contributed by atoms with Crippen LogP contribution in [0, 0.1) is 0 Å². The summed E-state index contributed by atoms with van der Waals surface area (Å²) >= 11 is 0. The molecular weight excluding hydrogens is 332 g/mol. The van der Waals surface area contributed by atoms with Crippen LogP contribution in [0.15, 0.2) is 36.4 Å². The Balaban J connectivity index is 1.70. The summed E-state index contributed by atoms with van der Waals surface area (Å²) in [6, 6.07) is 10.9. The van der Waals surface area contributed by atoms with Gasteiger partial charge in [0.15, 0.2) is 11.5 Å². The van der Waals surface area contributed by atoms with Crippen molar-refractivity contribution in [3.8, 4) is 11.5 Å². The number of carbonyl (C=O) groups is 2. The minimum absolute atomic E-state index is 0.0744. The van der Waals surface area contributed by atoms with Gasteiger partial charge in [-0.2, -0.15) is 0 Å². The Labute approximate surface area is 152 Å². The van der Waals surface area contributed by atoms with Gasteiger partial charge in [0.25, 0.3) is 5.91 Å². The van der Waals surface area contributed by atoms with Crippen molar-refractivity contribution in [1.29, 1.82) is 0 Å². The van der Waals surface area contributed by atoms with Crippen molar-refractivity contribution in [3.63, 3.8) is 0 Å². The smallest absolute Gasteiger partial charge is 0.251 e. The Morgan fingerprint density at radius 2 is 1.88 bits per heavy atom.